The second-order valence-corrected chi connectivity index (χ2v) is 6.56. The van der Waals surface area contributed by atoms with Crippen LogP contribution in [-0.2, 0) is 0 Å². The van der Waals surface area contributed by atoms with E-state index in [2.05, 4.69) is 5.43 Å². The molecule has 0 bridgehead atoms. The second kappa shape index (κ2) is 9.34. The number of aromatic carboxylic acids is 1. The maximum Gasteiger partial charge on any atom is 0.336 e. The Labute approximate surface area is 184 Å². The molecular formula is C21H14N4O8. The average molecular weight is 450 g/mol. The second-order valence-electron chi connectivity index (χ2n) is 6.56. The van der Waals surface area contributed by atoms with E-state index in [9.17, 15) is 39.7 Å². The number of rotatable bonds is 6. The van der Waals surface area contributed by atoms with E-state index < -0.39 is 44.6 Å². The average Bonchev–Trinajstić information content (AvgIpc) is 2.81. The first-order valence-corrected chi connectivity index (χ1v) is 9.15. The Morgan fingerprint density at radius 1 is 0.697 bits per heavy atom. The molecule has 12 heteroatoms. The zero-order valence-corrected chi connectivity index (χ0v) is 16.6. The molecule has 0 heterocycles. The highest BCUT2D eigenvalue weighted by Gasteiger charge is 2.21. The van der Waals surface area contributed by atoms with E-state index in [1.807, 2.05) is 5.43 Å². The van der Waals surface area contributed by atoms with Gasteiger partial charge in [0, 0.05) is 17.7 Å². The molecule has 12 nitrogen and oxygen atoms in total. The van der Waals surface area contributed by atoms with Crippen LogP contribution >= 0.6 is 0 Å². The third-order valence-corrected chi connectivity index (χ3v) is 4.50. The lowest BCUT2D eigenvalue weighted by Crippen LogP contribution is -2.41. The van der Waals surface area contributed by atoms with Crippen LogP contribution in [0.4, 0.5) is 11.4 Å². The van der Waals surface area contributed by atoms with Gasteiger partial charge in [0.2, 0.25) is 0 Å². The molecule has 0 aliphatic rings. The summed E-state index contributed by atoms with van der Waals surface area (Å²) in [6.07, 6.45) is 0. The Hall–Kier alpha value is -5.13. The van der Waals surface area contributed by atoms with Crippen molar-refractivity contribution < 1.29 is 29.3 Å². The number of hydrogen-bond acceptors (Lipinski definition) is 7. The van der Waals surface area contributed by atoms with Gasteiger partial charge in [-0.15, -0.1) is 0 Å². The molecule has 3 aromatic rings. The lowest BCUT2D eigenvalue weighted by atomic mass is 9.95. The van der Waals surface area contributed by atoms with Gasteiger partial charge in [0.05, 0.1) is 27.0 Å². The third-order valence-electron chi connectivity index (χ3n) is 4.50. The van der Waals surface area contributed by atoms with Crippen LogP contribution in [0.25, 0.3) is 11.1 Å². The lowest BCUT2D eigenvalue weighted by Gasteiger charge is -2.13. The van der Waals surface area contributed by atoms with E-state index in [1.165, 1.54) is 36.4 Å². The number of nitrogens with one attached hydrogen (secondary N) is 2. The molecular weight excluding hydrogens is 436 g/mol. The third kappa shape index (κ3) is 4.96. The monoisotopic (exact) mass is 450 g/mol. The van der Waals surface area contributed by atoms with Gasteiger partial charge >= 0.3 is 5.97 Å². The first kappa shape index (κ1) is 22.6. The van der Waals surface area contributed by atoms with Crippen molar-refractivity contribution in [2.24, 2.45) is 0 Å². The molecule has 0 spiro atoms. The zero-order valence-electron chi connectivity index (χ0n) is 16.6. The number of hydrazine groups is 1. The van der Waals surface area contributed by atoms with Crippen LogP contribution in [0.5, 0.6) is 0 Å². The quantitative estimate of drug-likeness (QED) is 0.378. The molecule has 0 saturated carbocycles. The summed E-state index contributed by atoms with van der Waals surface area (Å²) < 4.78 is 0. The van der Waals surface area contributed by atoms with Crippen molar-refractivity contribution in [1.82, 2.24) is 10.9 Å². The van der Waals surface area contributed by atoms with Crippen molar-refractivity contribution >= 4 is 29.2 Å². The number of carbonyl (C=O) groups excluding carboxylic acids is 2. The van der Waals surface area contributed by atoms with E-state index in [4.69, 9.17) is 0 Å². The Morgan fingerprint density at radius 2 is 1.15 bits per heavy atom. The molecule has 0 unspecified atom stereocenters. The summed E-state index contributed by atoms with van der Waals surface area (Å²) in [4.78, 5) is 56.8. The molecule has 3 aromatic carbocycles. The highest BCUT2D eigenvalue weighted by molar-refractivity contribution is 6.05. The van der Waals surface area contributed by atoms with E-state index in [-0.39, 0.29) is 22.3 Å². The van der Waals surface area contributed by atoms with Crippen molar-refractivity contribution in [3.63, 3.8) is 0 Å². The summed E-state index contributed by atoms with van der Waals surface area (Å²) in [7, 11) is 0. The molecule has 3 N–H and O–H groups in total. The van der Waals surface area contributed by atoms with Crippen molar-refractivity contribution in [3.8, 4) is 11.1 Å². The fraction of sp³-hybridized carbons (Fsp3) is 0. The molecule has 166 valence electrons. The molecule has 0 aliphatic carbocycles. The Kier molecular flexibility index (Phi) is 6.39. The summed E-state index contributed by atoms with van der Waals surface area (Å²) in [5.74, 6) is -3.03. The largest absolute Gasteiger partial charge is 0.478 e. The van der Waals surface area contributed by atoms with Gasteiger partial charge in [-0.3, -0.25) is 40.7 Å². The number of carboxylic acids is 1. The number of non-ortho nitro benzene ring substituents is 2. The fourth-order valence-electron chi connectivity index (χ4n) is 3.01. The SMILES string of the molecule is O=C(NNC(=O)c1ccccc1-c1ccccc1C(=O)O)c1cc([N+](=O)[O-])cc([N+](=O)[O-])c1. The molecule has 0 aliphatic heterocycles. The fourth-order valence-corrected chi connectivity index (χ4v) is 3.01. The molecule has 0 fully saturated rings. The van der Waals surface area contributed by atoms with Crippen LogP contribution < -0.4 is 10.9 Å². The minimum Gasteiger partial charge on any atom is -0.478 e. The van der Waals surface area contributed by atoms with Gasteiger partial charge in [0.1, 0.15) is 0 Å². The zero-order chi connectivity index (χ0) is 24.1. The first-order valence-electron chi connectivity index (χ1n) is 9.15. The van der Waals surface area contributed by atoms with E-state index >= 15 is 0 Å². The number of carbonyl (C=O) groups is 3. The predicted molar refractivity (Wildman–Crippen MR) is 114 cm³/mol. The number of nitro benzene ring substituents is 2. The summed E-state index contributed by atoms with van der Waals surface area (Å²) in [5, 5.41) is 31.4. The van der Waals surface area contributed by atoms with Crippen LogP contribution in [0, 0.1) is 20.2 Å². The number of carboxylic acid groups (broad SMARTS) is 1. The number of benzene rings is 3. The highest BCUT2D eigenvalue weighted by atomic mass is 16.6. The van der Waals surface area contributed by atoms with Crippen molar-refractivity contribution in [1.29, 1.82) is 0 Å². The normalized spacial score (nSPS) is 10.2. The molecule has 0 aromatic heterocycles. The Bertz CT molecular complexity index is 1270. The van der Waals surface area contributed by atoms with Crippen molar-refractivity contribution in [2.45, 2.75) is 0 Å². The maximum atomic E-state index is 12.7. The molecule has 0 saturated heterocycles. The van der Waals surface area contributed by atoms with Gasteiger partial charge < -0.3 is 5.11 Å². The molecule has 0 atom stereocenters. The molecule has 33 heavy (non-hydrogen) atoms. The van der Waals surface area contributed by atoms with Gasteiger partial charge in [-0.2, -0.15) is 0 Å². The van der Waals surface area contributed by atoms with Crippen LogP contribution in [-0.4, -0.2) is 32.7 Å². The topological polar surface area (TPSA) is 182 Å². The number of hydrogen-bond donors (Lipinski definition) is 3. The molecule has 0 radical (unpaired) electrons. The number of amides is 2. The summed E-state index contributed by atoms with van der Waals surface area (Å²) in [6.45, 7) is 0. The minimum atomic E-state index is -1.19. The minimum absolute atomic E-state index is 0.0364. The van der Waals surface area contributed by atoms with Gasteiger partial charge in [-0.1, -0.05) is 36.4 Å². The summed E-state index contributed by atoms with van der Waals surface area (Å²) >= 11 is 0. The maximum absolute atomic E-state index is 12.7. The van der Waals surface area contributed by atoms with Gasteiger partial charge in [-0.25, -0.2) is 4.79 Å². The number of nitro groups is 2. The summed E-state index contributed by atoms with van der Waals surface area (Å²) in [6, 6.07) is 14.5. The van der Waals surface area contributed by atoms with Gasteiger partial charge in [-0.05, 0) is 23.3 Å². The van der Waals surface area contributed by atoms with E-state index in [0.717, 1.165) is 12.1 Å². The van der Waals surface area contributed by atoms with Crippen molar-refractivity contribution in [2.75, 3.05) is 0 Å². The standard InChI is InChI=1S/C21H14N4O8/c26-19(12-9-13(24(30)31)11-14(10-12)25(32)33)22-23-20(27)17-7-3-1-5-15(17)16-6-2-4-8-18(16)21(28)29/h1-11H,(H,22,26)(H,23,27)(H,28,29). The Balaban J connectivity index is 1.86. The van der Waals surface area contributed by atoms with Crippen LogP contribution in [0.3, 0.4) is 0 Å². The van der Waals surface area contributed by atoms with Gasteiger partial charge in [0.25, 0.3) is 23.2 Å². The summed E-state index contributed by atoms with van der Waals surface area (Å²) in [5.41, 5.74) is 2.98. The Morgan fingerprint density at radius 3 is 1.67 bits per heavy atom. The first-order chi connectivity index (χ1) is 15.7. The van der Waals surface area contributed by atoms with E-state index in [0.29, 0.717) is 6.07 Å². The van der Waals surface area contributed by atoms with Crippen LogP contribution in [0.1, 0.15) is 31.1 Å². The molecule has 3 rings (SSSR count). The predicted octanol–water partition coefficient (Wildman–Crippen LogP) is 2.94. The lowest BCUT2D eigenvalue weighted by molar-refractivity contribution is -0.394. The van der Waals surface area contributed by atoms with Crippen molar-refractivity contribution in [3.05, 3.63) is 104 Å². The van der Waals surface area contributed by atoms with Crippen LogP contribution in [0.2, 0.25) is 0 Å². The molecule has 2 amide bonds. The smallest absolute Gasteiger partial charge is 0.336 e. The van der Waals surface area contributed by atoms with Gasteiger partial charge in [0.15, 0.2) is 0 Å². The van der Waals surface area contributed by atoms with Crippen LogP contribution in [0.15, 0.2) is 66.7 Å². The number of nitrogens with zero attached hydrogens (tertiary/aromatic N) is 2. The highest BCUT2D eigenvalue weighted by Crippen LogP contribution is 2.27. The van der Waals surface area contributed by atoms with E-state index in [1.54, 1.807) is 12.1 Å².